The van der Waals surface area contributed by atoms with Crippen LogP contribution in [0.15, 0.2) is 91.0 Å². The average Bonchev–Trinajstić information content (AvgIpc) is 3.52. The summed E-state index contributed by atoms with van der Waals surface area (Å²) in [5.74, 6) is 1.13. The summed E-state index contributed by atoms with van der Waals surface area (Å²) in [7, 11) is 1.80. The molecule has 1 aliphatic carbocycles. The molecule has 11 heteroatoms. The fourth-order valence-corrected chi connectivity index (χ4v) is 8.37. The van der Waals surface area contributed by atoms with E-state index < -0.39 is 5.92 Å². The van der Waals surface area contributed by atoms with E-state index >= 15 is 0 Å². The zero-order valence-corrected chi connectivity index (χ0v) is 30.4. The van der Waals surface area contributed by atoms with Gasteiger partial charge in [0.15, 0.2) is 6.61 Å². The van der Waals surface area contributed by atoms with Gasteiger partial charge in [0.05, 0.1) is 17.1 Å². The van der Waals surface area contributed by atoms with Crippen molar-refractivity contribution >= 4 is 28.6 Å². The Kier molecular flexibility index (Phi) is 10.1. The minimum atomic E-state index is -0.478. The van der Waals surface area contributed by atoms with Crippen LogP contribution in [0.2, 0.25) is 0 Å². The van der Waals surface area contributed by atoms with E-state index in [1.807, 2.05) is 23.1 Å². The number of carbonyl (C=O) groups is 3. The van der Waals surface area contributed by atoms with Crippen molar-refractivity contribution in [2.24, 2.45) is 7.05 Å². The van der Waals surface area contributed by atoms with Crippen molar-refractivity contribution in [1.29, 1.82) is 0 Å². The molecular weight excluding hydrogens is 683 g/mol. The Morgan fingerprint density at radius 3 is 2.41 bits per heavy atom. The van der Waals surface area contributed by atoms with Gasteiger partial charge in [-0.05, 0) is 83.8 Å². The molecule has 3 heterocycles. The third-order valence-corrected chi connectivity index (χ3v) is 11.2. The van der Waals surface area contributed by atoms with Gasteiger partial charge >= 0.3 is 0 Å². The van der Waals surface area contributed by atoms with Crippen LogP contribution in [0, 0.1) is 0 Å². The number of aryl methyl sites for hydroxylation is 2. The van der Waals surface area contributed by atoms with E-state index in [-0.39, 0.29) is 36.7 Å². The second-order valence-electron chi connectivity index (χ2n) is 14.5. The minimum Gasteiger partial charge on any atom is -0.508 e. The summed E-state index contributed by atoms with van der Waals surface area (Å²) >= 11 is 0. The average molecular weight is 728 g/mol. The van der Waals surface area contributed by atoms with Crippen molar-refractivity contribution in [3.63, 3.8) is 0 Å². The maximum Gasteiger partial charge on any atom is 0.260 e. The fraction of sp³-hybridized carbons (Fsp3) is 0.349. The SMILES string of the molecule is Cn1nc(C2CCC(=O)NC2=O)c2ccc(OCC(=O)N3CCN(CCOc4ccc([C@@H]5c6ccc(O)cc6CC[C@@H]5c5ccccc5)cc4)CC3)cc21. The first kappa shape index (κ1) is 35.4. The van der Waals surface area contributed by atoms with Crippen LogP contribution < -0.4 is 14.8 Å². The second kappa shape index (κ2) is 15.4. The van der Waals surface area contributed by atoms with Crippen LogP contribution >= 0.6 is 0 Å². The van der Waals surface area contributed by atoms with Crippen LogP contribution in [0.5, 0.6) is 17.2 Å². The van der Waals surface area contributed by atoms with Crippen LogP contribution in [0.1, 0.15) is 65.0 Å². The highest BCUT2D eigenvalue weighted by Crippen LogP contribution is 2.47. The predicted molar refractivity (Wildman–Crippen MR) is 204 cm³/mol. The van der Waals surface area contributed by atoms with Gasteiger partial charge in [-0.25, -0.2) is 0 Å². The molecule has 0 spiro atoms. The van der Waals surface area contributed by atoms with Crippen molar-refractivity contribution in [3.8, 4) is 17.2 Å². The molecule has 0 radical (unpaired) electrons. The molecular formula is C43H45N5O6. The van der Waals surface area contributed by atoms with E-state index in [9.17, 15) is 19.5 Å². The number of fused-ring (bicyclic) bond motifs is 2. The Labute approximate surface area is 314 Å². The first-order chi connectivity index (χ1) is 26.3. The van der Waals surface area contributed by atoms with Crippen LogP contribution in [0.3, 0.4) is 0 Å². The molecule has 3 aliphatic rings. The zero-order valence-electron chi connectivity index (χ0n) is 30.4. The number of piperidine rings is 1. The van der Waals surface area contributed by atoms with Crippen molar-refractivity contribution in [1.82, 2.24) is 24.9 Å². The van der Waals surface area contributed by atoms with Gasteiger partial charge in [-0.15, -0.1) is 0 Å². The number of phenolic OH excluding ortho intramolecular Hbond substituents is 1. The highest BCUT2D eigenvalue weighted by molar-refractivity contribution is 6.02. The van der Waals surface area contributed by atoms with Gasteiger partial charge in [-0.3, -0.25) is 29.3 Å². The number of nitrogens with one attached hydrogen (secondary N) is 1. The lowest BCUT2D eigenvalue weighted by atomic mass is 9.69. The van der Waals surface area contributed by atoms with Gasteiger partial charge in [-0.1, -0.05) is 48.5 Å². The molecule has 2 N–H and O–H groups in total. The molecule has 1 aromatic heterocycles. The molecule has 278 valence electrons. The van der Waals surface area contributed by atoms with E-state index in [4.69, 9.17) is 9.47 Å². The Morgan fingerprint density at radius 1 is 0.852 bits per heavy atom. The number of ether oxygens (including phenoxy) is 2. The molecule has 3 atom stereocenters. The lowest BCUT2D eigenvalue weighted by Crippen LogP contribution is -2.50. The van der Waals surface area contributed by atoms with Gasteiger partial charge < -0.3 is 19.5 Å². The Hall–Kier alpha value is -5.68. The number of carbonyl (C=O) groups excluding carboxylic acids is 3. The van der Waals surface area contributed by atoms with Crippen molar-refractivity contribution in [2.45, 2.75) is 43.4 Å². The van der Waals surface area contributed by atoms with Crippen molar-refractivity contribution in [2.75, 3.05) is 45.9 Å². The zero-order chi connectivity index (χ0) is 37.2. The Balaban J connectivity index is 0.810. The molecule has 2 aliphatic heterocycles. The van der Waals surface area contributed by atoms with Crippen molar-refractivity contribution in [3.05, 3.63) is 119 Å². The van der Waals surface area contributed by atoms with E-state index in [1.165, 1.54) is 22.3 Å². The monoisotopic (exact) mass is 727 g/mol. The van der Waals surface area contributed by atoms with E-state index in [2.05, 4.69) is 76.0 Å². The summed E-state index contributed by atoms with van der Waals surface area (Å²) in [4.78, 5) is 41.3. The van der Waals surface area contributed by atoms with Gasteiger partial charge in [0.1, 0.15) is 23.9 Å². The quantitative estimate of drug-likeness (QED) is 0.187. The number of benzene rings is 4. The standard InChI is InChI=1S/C43H45N5O6/c1-46-38-26-33(13-16-36(38)42(45-46)37-17-18-39(50)44-43(37)52)54-27-40(51)48-21-19-47(20-22-48)23-24-53-32-11-7-29(8-12-32)41-34(28-5-3-2-4-6-28)14-9-30-25-31(49)10-15-35(30)41/h2-8,10-13,15-16,25-26,34,37,41,49H,9,14,17-24,27H2,1H3,(H,44,50,52)/t34-,37?,41+/m1/s1. The molecule has 2 fully saturated rings. The molecule has 54 heavy (non-hydrogen) atoms. The van der Waals surface area contributed by atoms with Crippen LogP contribution in [0.25, 0.3) is 10.9 Å². The van der Waals surface area contributed by atoms with Crippen LogP contribution in [0.4, 0.5) is 0 Å². The first-order valence-electron chi connectivity index (χ1n) is 18.8. The lowest BCUT2D eigenvalue weighted by Gasteiger charge is -2.35. The fourth-order valence-electron chi connectivity index (χ4n) is 8.37. The van der Waals surface area contributed by atoms with E-state index in [0.717, 1.165) is 49.1 Å². The number of aromatic hydroxyl groups is 1. The smallest absolute Gasteiger partial charge is 0.260 e. The number of rotatable bonds is 10. The topological polar surface area (TPSA) is 126 Å². The number of hydrogen-bond acceptors (Lipinski definition) is 8. The highest BCUT2D eigenvalue weighted by Gasteiger charge is 2.33. The van der Waals surface area contributed by atoms with E-state index in [0.29, 0.717) is 49.2 Å². The molecule has 8 rings (SSSR count). The molecule has 1 unspecified atom stereocenters. The lowest BCUT2D eigenvalue weighted by molar-refractivity contribution is -0.135. The Morgan fingerprint density at radius 2 is 1.63 bits per heavy atom. The number of piperazine rings is 1. The maximum absolute atomic E-state index is 13.1. The molecule has 5 aromatic rings. The van der Waals surface area contributed by atoms with Gasteiger partial charge in [-0.2, -0.15) is 5.10 Å². The van der Waals surface area contributed by atoms with E-state index in [1.54, 1.807) is 23.9 Å². The number of hydrogen-bond donors (Lipinski definition) is 2. The van der Waals surface area contributed by atoms with Crippen LogP contribution in [-0.2, 0) is 27.9 Å². The predicted octanol–water partition coefficient (Wildman–Crippen LogP) is 5.26. The van der Waals surface area contributed by atoms with Gasteiger partial charge in [0, 0.05) is 63.6 Å². The minimum absolute atomic E-state index is 0.0628. The van der Waals surface area contributed by atoms with Crippen molar-refractivity contribution < 1.29 is 29.0 Å². The maximum atomic E-state index is 13.1. The summed E-state index contributed by atoms with van der Waals surface area (Å²) in [6.07, 6.45) is 2.68. The molecule has 0 saturated carbocycles. The Bertz CT molecular complexity index is 2160. The number of imide groups is 1. The van der Waals surface area contributed by atoms with Gasteiger partial charge in [0.2, 0.25) is 11.8 Å². The third-order valence-electron chi connectivity index (χ3n) is 11.2. The summed E-state index contributed by atoms with van der Waals surface area (Å²) in [5, 5.41) is 18.0. The molecule has 11 nitrogen and oxygen atoms in total. The molecule has 4 aromatic carbocycles. The number of aromatic nitrogens is 2. The van der Waals surface area contributed by atoms with Crippen LogP contribution in [-0.4, -0.2) is 88.3 Å². The summed E-state index contributed by atoms with van der Waals surface area (Å²) in [6, 6.07) is 30.5. The number of nitrogens with zero attached hydrogens (tertiary/aromatic N) is 4. The second-order valence-corrected chi connectivity index (χ2v) is 14.5. The highest BCUT2D eigenvalue weighted by atomic mass is 16.5. The van der Waals surface area contributed by atoms with Gasteiger partial charge in [0.25, 0.3) is 5.91 Å². The first-order valence-corrected chi connectivity index (χ1v) is 18.8. The number of phenols is 1. The largest absolute Gasteiger partial charge is 0.508 e. The molecule has 2 saturated heterocycles. The summed E-state index contributed by atoms with van der Waals surface area (Å²) < 4.78 is 13.8. The summed E-state index contributed by atoms with van der Waals surface area (Å²) in [5.41, 5.74) is 6.50. The summed E-state index contributed by atoms with van der Waals surface area (Å²) in [6.45, 7) is 4.01. The normalized spacial score (nSPS) is 20.4. The molecule has 0 bridgehead atoms. The molecule has 3 amide bonds. The number of amides is 3. The third kappa shape index (κ3) is 7.41.